The molecule has 1 saturated heterocycles. The Morgan fingerprint density at radius 2 is 2.29 bits per heavy atom. The van der Waals surface area contributed by atoms with Crippen LogP contribution in [0.15, 0.2) is 18.9 Å². The van der Waals surface area contributed by atoms with Crippen molar-refractivity contribution >= 4 is 28.8 Å². The van der Waals surface area contributed by atoms with E-state index in [2.05, 4.69) is 26.5 Å². The van der Waals surface area contributed by atoms with E-state index in [0.29, 0.717) is 29.8 Å². The van der Waals surface area contributed by atoms with Gasteiger partial charge in [-0.1, -0.05) is 6.08 Å². The fraction of sp³-hybridized carbons (Fsp3) is 0.308. The molecule has 0 radical (unpaired) electrons. The van der Waals surface area contributed by atoms with E-state index in [9.17, 15) is 4.79 Å². The molecule has 2 aromatic rings. The maximum absolute atomic E-state index is 12.0. The SMILES string of the molecule is C=CC1CC(=O)N(c2nc(N)c3nc(CO)cnc3n2)C1. The minimum Gasteiger partial charge on any atom is -0.390 e. The zero-order valence-corrected chi connectivity index (χ0v) is 11.2. The second-order valence-electron chi connectivity index (χ2n) is 4.80. The maximum Gasteiger partial charge on any atom is 0.236 e. The summed E-state index contributed by atoms with van der Waals surface area (Å²) < 4.78 is 0. The molecule has 0 bridgehead atoms. The number of aliphatic hydroxyl groups is 1. The van der Waals surface area contributed by atoms with Crippen molar-refractivity contribution in [3.8, 4) is 0 Å². The Hall–Kier alpha value is -2.61. The van der Waals surface area contributed by atoms with Crippen LogP contribution >= 0.6 is 0 Å². The highest BCUT2D eigenvalue weighted by molar-refractivity contribution is 5.95. The van der Waals surface area contributed by atoms with Gasteiger partial charge in [0.25, 0.3) is 0 Å². The first-order valence-corrected chi connectivity index (χ1v) is 6.45. The summed E-state index contributed by atoms with van der Waals surface area (Å²) in [5.74, 6) is 0.368. The molecular weight excluding hydrogens is 272 g/mol. The van der Waals surface area contributed by atoms with Gasteiger partial charge in [-0.25, -0.2) is 9.97 Å². The Morgan fingerprint density at radius 1 is 1.48 bits per heavy atom. The van der Waals surface area contributed by atoms with Gasteiger partial charge < -0.3 is 10.8 Å². The summed E-state index contributed by atoms with van der Waals surface area (Å²) in [6, 6.07) is 0. The predicted molar refractivity (Wildman–Crippen MR) is 76.1 cm³/mol. The highest BCUT2D eigenvalue weighted by Gasteiger charge is 2.31. The number of nitrogen functional groups attached to an aromatic ring is 1. The van der Waals surface area contributed by atoms with Crippen molar-refractivity contribution in [2.75, 3.05) is 17.2 Å². The van der Waals surface area contributed by atoms with Crippen LogP contribution in [0.25, 0.3) is 11.2 Å². The molecule has 8 nitrogen and oxygen atoms in total. The van der Waals surface area contributed by atoms with Crippen molar-refractivity contribution in [1.29, 1.82) is 0 Å². The minimum absolute atomic E-state index is 0.0708. The summed E-state index contributed by atoms with van der Waals surface area (Å²) in [4.78, 5) is 30.1. The molecular formula is C13H14N6O2. The number of nitrogens with two attached hydrogens (primary N) is 1. The fourth-order valence-corrected chi connectivity index (χ4v) is 2.24. The van der Waals surface area contributed by atoms with Crippen molar-refractivity contribution in [2.24, 2.45) is 5.92 Å². The lowest BCUT2D eigenvalue weighted by molar-refractivity contribution is -0.117. The second kappa shape index (κ2) is 5.06. The second-order valence-corrected chi connectivity index (χ2v) is 4.80. The van der Waals surface area contributed by atoms with Crippen LogP contribution in [0.3, 0.4) is 0 Å². The quantitative estimate of drug-likeness (QED) is 0.764. The number of aliphatic hydroxyl groups excluding tert-OH is 1. The molecule has 8 heteroatoms. The molecule has 3 rings (SSSR count). The Labute approximate surface area is 120 Å². The average molecular weight is 286 g/mol. The van der Waals surface area contributed by atoms with Crippen LogP contribution in [0.5, 0.6) is 0 Å². The van der Waals surface area contributed by atoms with E-state index >= 15 is 0 Å². The van der Waals surface area contributed by atoms with Gasteiger partial charge in [-0.05, 0) is 0 Å². The molecule has 0 saturated carbocycles. The molecule has 1 amide bonds. The number of amides is 1. The molecule has 0 aliphatic carbocycles. The highest BCUT2D eigenvalue weighted by atomic mass is 16.3. The van der Waals surface area contributed by atoms with Gasteiger partial charge in [0.2, 0.25) is 11.9 Å². The molecule has 108 valence electrons. The summed E-state index contributed by atoms with van der Waals surface area (Å²) in [5, 5.41) is 9.06. The predicted octanol–water partition coefficient (Wildman–Crippen LogP) is 0.0332. The van der Waals surface area contributed by atoms with Gasteiger partial charge in [0.05, 0.1) is 18.5 Å². The molecule has 1 atom stereocenters. The number of carbonyl (C=O) groups is 1. The molecule has 0 spiro atoms. The summed E-state index contributed by atoms with van der Waals surface area (Å²) in [6.07, 6.45) is 3.55. The zero-order valence-electron chi connectivity index (χ0n) is 11.2. The van der Waals surface area contributed by atoms with Gasteiger partial charge >= 0.3 is 0 Å². The molecule has 2 aromatic heterocycles. The molecule has 1 fully saturated rings. The van der Waals surface area contributed by atoms with Gasteiger partial charge in [-0.2, -0.15) is 9.97 Å². The topological polar surface area (TPSA) is 118 Å². The van der Waals surface area contributed by atoms with E-state index in [1.165, 1.54) is 11.1 Å². The lowest BCUT2D eigenvalue weighted by Gasteiger charge is -2.14. The number of hydrogen-bond donors (Lipinski definition) is 2. The Kier molecular flexibility index (Phi) is 3.22. The van der Waals surface area contributed by atoms with Crippen LogP contribution in [-0.4, -0.2) is 37.5 Å². The largest absolute Gasteiger partial charge is 0.390 e. The van der Waals surface area contributed by atoms with Gasteiger partial charge in [-0.15, -0.1) is 6.58 Å². The first kappa shape index (κ1) is 13.4. The Balaban J connectivity index is 2.05. The number of rotatable bonds is 3. The van der Waals surface area contributed by atoms with Crippen LogP contribution in [0.2, 0.25) is 0 Å². The molecule has 1 aliphatic heterocycles. The van der Waals surface area contributed by atoms with E-state index < -0.39 is 0 Å². The number of hydrogen-bond acceptors (Lipinski definition) is 7. The van der Waals surface area contributed by atoms with Crippen LogP contribution in [0.1, 0.15) is 12.1 Å². The van der Waals surface area contributed by atoms with Crippen molar-refractivity contribution in [2.45, 2.75) is 13.0 Å². The van der Waals surface area contributed by atoms with Crippen LogP contribution in [0.4, 0.5) is 11.8 Å². The molecule has 1 unspecified atom stereocenters. The molecule has 21 heavy (non-hydrogen) atoms. The van der Waals surface area contributed by atoms with Crippen molar-refractivity contribution in [1.82, 2.24) is 19.9 Å². The summed E-state index contributed by atoms with van der Waals surface area (Å²) in [7, 11) is 0. The van der Waals surface area contributed by atoms with E-state index in [4.69, 9.17) is 10.8 Å². The number of anilines is 2. The number of aromatic nitrogens is 4. The fourth-order valence-electron chi connectivity index (χ4n) is 2.24. The monoisotopic (exact) mass is 286 g/mol. The number of carbonyl (C=O) groups excluding carboxylic acids is 1. The lowest BCUT2D eigenvalue weighted by Crippen LogP contribution is -2.27. The maximum atomic E-state index is 12.0. The van der Waals surface area contributed by atoms with Gasteiger partial charge in [0.1, 0.15) is 0 Å². The summed E-state index contributed by atoms with van der Waals surface area (Å²) in [5.41, 5.74) is 6.86. The first-order valence-electron chi connectivity index (χ1n) is 6.45. The van der Waals surface area contributed by atoms with Crippen LogP contribution in [0, 0.1) is 5.92 Å². The van der Waals surface area contributed by atoms with Crippen molar-refractivity contribution in [3.63, 3.8) is 0 Å². The third-order valence-electron chi connectivity index (χ3n) is 3.36. The lowest BCUT2D eigenvalue weighted by atomic mass is 10.1. The van der Waals surface area contributed by atoms with E-state index in [-0.39, 0.29) is 30.2 Å². The standard InChI is InChI=1S/C13H14N6O2/c1-2-7-3-9(21)19(5-7)13-17-11(14)10-12(18-13)15-4-8(6-20)16-10/h2,4,7,20H,1,3,5-6H2,(H2,14,15,17,18). The first-order chi connectivity index (χ1) is 10.1. The average Bonchev–Trinajstić information content (AvgIpc) is 2.88. The van der Waals surface area contributed by atoms with Crippen molar-refractivity contribution in [3.05, 3.63) is 24.5 Å². The normalized spacial score (nSPS) is 18.4. The third kappa shape index (κ3) is 2.29. The Morgan fingerprint density at radius 3 is 2.95 bits per heavy atom. The van der Waals surface area contributed by atoms with Crippen LogP contribution < -0.4 is 10.6 Å². The zero-order chi connectivity index (χ0) is 15.0. The molecule has 1 aliphatic rings. The molecule has 3 heterocycles. The van der Waals surface area contributed by atoms with Crippen LogP contribution in [-0.2, 0) is 11.4 Å². The third-order valence-corrected chi connectivity index (χ3v) is 3.36. The van der Waals surface area contributed by atoms with Crippen molar-refractivity contribution < 1.29 is 9.90 Å². The van der Waals surface area contributed by atoms with E-state index in [1.807, 2.05) is 0 Å². The van der Waals surface area contributed by atoms with Gasteiger partial charge in [0, 0.05) is 18.9 Å². The smallest absolute Gasteiger partial charge is 0.236 e. The van der Waals surface area contributed by atoms with E-state index in [0.717, 1.165) is 0 Å². The number of nitrogens with zero attached hydrogens (tertiary/aromatic N) is 5. The highest BCUT2D eigenvalue weighted by Crippen LogP contribution is 2.25. The number of fused-ring (bicyclic) bond motifs is 1. The molecule has 0 aromatic carbocycles. The van der Waals surface area contributed by atoms with Gasteiger partial charge in [0.15, 0.2) is 17.0 Å². The van der Waals surface area contributed by atoms with Gasteiger partial charge in [-0.3, -0.25) is 9.69 Å². The Bertz CT molecular complexity index is 732. The molecule has 3 N–H and O–H groups in total. The minimum atomic E-state index is -0.240. The summed E-state index contributed by atoms with van der Waals surface area (Å²) in [6.45, 7) is 3.94. The van der Waals surface area contributed by atoms with E-state index in [1.54, 1.807) is 6.08 Å². The summed E-state index contributed by atoms with van der Waals surface area (Å²) >= 11 is 0.